The molecule has 0 saturated heterocycles. The molecule has 1 amide bonds. The fourth-order valence-corrected chi connectivity index (χ4v) is 3.24. The molecule has 0 aromatic heterocycles. The van der Waals surface area contributed by atoms with Crippen LogP contribution >= 0.6 is 0 Å². The Hall–Kier alpha value is -3.09. The smallest absolute Gasteiger partial charge is 0.261 e. The molecule has 0 atom stereocenters. The van der Waals surface area contributed by atoms with Crippen LogP contribution in [0.25, 0.3) is 0 Å². The molecular formula is C21H24N4O3. The molecule has 0 unspecified atom stereocenters. The molecule has 1 fully saturated rings. The molecule has 1 aromatic carbocycles. The lowest BCUT2D eigenvalue weighted by Gasteiger charge is -2.17. The van der Waals surface area contributed by atoms with Gasteiger partial charge in [0.15, 0.2) is 0 Å². The summed E-state index contributed by atoms with van der Waals surface area (Å²) in [6.07, 6.45) is 9.06. The van der Waals surface area contributed by atoms with Crippen molar-refractivity contribution in [2.75, 3.05) is 11.9 Å². The molecule has 3 aliphatic rings. The van der Waals surface area contributed by atoms with Crippen molar-refractivity contribution in [1.82, 2.24) is 5.32 Å². The van der Waals surface area contributed by atoms with Crippen molar-refractivity contribution < 1.29 is 14.3 Å². The predicted octanol–water partition coefficient (Wildman–Crippen LogP) is 3.18. The van der Waals surface area contributed by atoms with Crippen LogP contribution in [0.4, 0.5) is 5.69 Å². The van der Waals surface area contributed by atoms with Gasteiger partial charge in [-0.15, -0.1) is 0 Å². The zero-order valence-electron chi connectivity index (χ0n) is 16.0. The van der Waals surface area contributed by atoms with Gasteiger partial charge in [0, 0.05) is 36.7 Å². The van der Waals surface area contributed by atoms with Gasteiger partial charge in [-0.25, -0.2) is 4.99 Å². The van der Waals surface area contributed by atoms with Gasteiger partial charge in [0.1, 0.15) is 22.9 Å². The Morgan fingerprint density at radius 1 is 1.46 bits per heavy atom. The highest BCUT2D eigenvalue weighted by Gasteiger charge is 2.32. The monoisotopic (exact) mass is 380 g/mol. The van der Waals surface area contributed by atoms with Gasteiger partial charge in [0.2, 0.25) is 0 Å². The molecule has 2 aliphatic heterocycles. The van der Waals surface area contributed by atoms with E-state index < -0.39 is 5.91 Å². The van der Waals surface area contributed by atoms with Crippen LogP contribution in [-0.4, -0.2) is 30.5 Å². The number of anilines is 1. The van der Waals surface area contributed by atoms with E-state index in [0.29, 0.717) is 29.8 Å². The lowest BCUT2D eigenvalue weighted by molar-refractivity contribution is -0.112. The number of carbonyl (C=O) groups is 1. The third kappa shape index (κ3) is 3.93. The number of ether oxygens (including phenoxy) is 2. The van der Waals surface area contributed by atoms with Crippen LogP contribution in [0, 0.1) is 11.3 Å². The second-order valence-electron chi connectivity index (χ2n) is 7.89. The highest BCUT2D eigenvalue weighted by atomic mass is 16.5. The van der Waals surface area contributed by atoms with Gasteiger partial charge >= 0.3 is 0 Å². The second kappa shape index (κ2) is 7.14. The molecule has 1 saturated carbocycles. The summed E-state index contributed by atoms with van der Waals surface area (Å²) in [6, 6.07) is 3.77. The number of benzene rings is 1. The Morgan fingerprint density at radius 2 is 2.29 bits per heavy atom. The molecule has 0 spiro atoms. The van der Waals surface area contributed by atoms with Gasteiger partial charge in [-0.3, -0.25) is 4.79 Å². The van der Waals surface area contributed by atoms with Gasteiger partial charge in [-0.2, -0.15) is 0 Å². The van der Waals surface area contributed by atoms with Crippen molar-refractivity contribution >= 4 is 24.0 Å². The van der Waals surface area contributed by atoms with Crippen LogP contribution in [0.1, 0.15) is 32.3 Å². The normalized spacial score (nSPS) is 20.6. The standard InChI is InChI=1S/C21H24N4O3/c1-21(2)10-14-8-16(18(9-17(14)28-21)27-12-13-4-5-13)25-20(26)15(11-22)19-23-6-3-7-24-19/h3,6-9,11,13,22-23H,4-5,10,12H2,1-2H3,(H,25,26)/b19-15-,22-11?. The first-order valence-electron chi connectivity index (χ1n) is 9.46. The van der Waals surface area contributed by atoms with E-state index >= 15 is 0 Å². The Balaban J connectivity index is 1.62. The van der Waals surface area contributed by atoms with Crippen molar-refractivity contribution in [2.45, 2.75) is 38.7 Å². The molecule has 28 heavy (non-hydrogen) atoms. The van der Waals surface area contributed by atoms with Gasteiger partial charge in [0.05, 0.1) is 17.9 Å². The van der Waals surface area contributed by atoms with Crippen LogP contribution in [0.15, 0.2) is 40.8 Å². The Labute approximate surface area is 164 Å². The highest BCUT2D eigenvalue weighted by Crippen LogP contribution is 2.42. The van der Waals surface area contributed by atoms with Crippen LogP contribution in [0.2, 0.25) is 0 Å². The van der Waals surface area contributed by atoms with Crippen molar-refractivity contribution in [3.05, 3.63) is 41.4 Å². The van der Waals surface area contributed by atoms with Gasteiger partial charge in [0.25, 0.3) is 5.91 Å². The SMILES string of the molecule is CC1(C)Cc2cc(NC(=O)/C(C=N)=C3\N=CC=CN3)c(OCC3CC3)cc2O1. The van der Waals surface area contributed by atoms with E-state index in [4.69, 9.17) is 14.9 Å². The minimum absolute atomic E-state index is 0.144. The molecule has 1 aliphatic carbocycles. The lowest BCUT2D eigenvalue weighted by Crippen LogP contribution is -2.24. The van der Waals surface area contributed by atoms with E-state index in [9.17, 15) is 4.79 Å². The first kappa shape index (κ1) is 18.3. The Kier molecular flexibility index (Phi) is 4.66. The van der Waals surface area contributed by atoms with E-state index in [2.05, 4.69) is 15.6 Å². The van der Waals surface area contributed by atoms with Crippen molar-refractivity contribution in [3.63, 3.8) is 0 Å². The van der Waals surface area contributed by atoms with Crippen LogP contribution in [-0.2, 0) is 11.2 Å². The van der Waals surface area contributed by atoms with Gasteiger partial charge in [-0.1, -0.05) is 0 Å². The molecule has 7 heteroatoms. The van der Waals surface area contributed by atoms with Gasteiger partial charge < -0.3 is 25.5 Å². The zero-order chi connectivity index (χ0) is 19.7. The van der Waals surface area contributed by atoms with Gasteiger partial charge in [-0.05, 0) is 44.7 Å². The maximum Gasteiger partial charge on any atom is 0.261 e. The second-order valence-corrected chi connectivity index (χ2v) is 7.89. The van der Waals surface area contributed by atoms with E-state index in [0.717, 1.165) is 23.9 Å². The maximum atomic E-state index is 12.8. The highest BCUT2D eigenvalue weighted by molar-refractivity contribution is 6.18. The lowest BCUT2D eigenvalue weighted by atomic mass is 10.0. The minimum Gasteiger partial charge on any atom is -0.491 e. The average Bonchev–Trinajstić information content (AvgIpc) is 3.43. The summed E-state index contributed by atoms with van der Waals surface area (Å²) in [7, 11) is 0. The van der Waals surface area contributed by atoms with Crippen molar-refractivity contribution in [3.8, 4) is 11.5 Å². The number of fused-ring (bicyclic) bond motifs is 1. The largest absolute Gasteiger partial charge is 0.491 e. The minimum atomic E-state index is -0.417. The summed E-state index contributed by atoms with van der Waals surface area (Å²) in [4.78, 5) is 17.0. The molecule has 1 aromatic rings. The van der Waals surface area contributed by atoms with Crippen molar-refractivity contribution in [1.29, 1.82) is 5.41 Å². The fraction of sp³-hybridized carbons (Fsp3) is 0.381. The third-order valence-electron chi connectivity index (χ3n) is 4.83. The van der Waals surface area contributed by atoms with E-state index in [1.54, 1.807) is 18.5 Å². The summed E-state index contributed by atoms with van der Waals surface area (Å²) < 4.78 is 12.0. The number of hydrogen-bond donors (Lipinski definition) is 3. The van der Waals surface area contributed by atoms with Crippen LogP contribution in [0.3, 0.4) is 0 Å². The number of rotatable bonds is 6. The third-order valence-corrected chi connectivity index (χ3v) is 4.83. The number of allylic oxidation sites excluding steroid dienone is 1. The molecule has 0 bridgehead atoms. The molecule has 0 radical (unpaired) electrons. The summed E-state index contributed by atoms with van der Waals surface area (Å²) in [5.41, 5.74) is 1.47. The summed E-state index contributed by atoms with van der Waals surface area (Å²) in [6.45, 7) is 4.70. The predicted molar refractivity (Wildman–Crippen MR) is 108 cm³/mol. The number of carbonyl (C=O) groups excluding carboxylic acids is 1. The molecule has 7 nitrogen and oxygen atoms in total. The van der Waals surface area contributed by atoms with Crippen LogP contribution in [0.5, 0.6) is 11.5 Å². The zero-order valence-corrected chi connectivity index (χ0v) is 16.0. The number of hydrogen-bond acceptors (Lipinski definition) is 6. The summed E-state index contributed by atoms with van der Waals surface area (Å²) >= 11 is 0. The summed E-state index contributed by atoms with van der Waals surface area (Å²) in [5.74, 6) is 1.88. The number of aliphatic imine (C=N–C) groups is 1. The topological polar surface area (TPSA) is 95.8 Å². The quantitative estimate of drug-likeness (QED) is 0.522. The molecule has 3 N–H and O–H groups in total. The van der Waals surface area contributed by atoms with E-state index in [1.807, 2.05) is 26.0 Å². The first-order chi connectivity index (χ1) is 13.4. The summed E-state index contributed by atoms with van der Waals surface area (Å²) in [5, 5.41) is 13.4. The number of nitrogens with zero attached hydrogens (tertiary/aromatic N) is 1. The Morgan fingerprint density at radius 3 is 2.96 bits per heavy atom. The van der Waals surface area contributed by atoms with Crippen molar-refractivity contribution in [2.24, 2.45) is 10.9 Å². The number of nitrogens with one attached hydrogen (secondary N) is 3. The first-order valence-corrected chi connectivity index (χ1v) is 9.46. The fourth-order valence-electron chi connectivity index (χ4n) is 3.24. The molecular weight excluding hydrogens is 356 g/mol. The molecule has 4 rings (SSSR count). The molecule has 2 heterocycles. The van der Waals surface area contributed by atoms with Crippen LogP contribution < -0.4 is 20.1 Å². The van der Waals surface area contributed by atoms with E-state index in [1.165, 1.54) is 12.8 Å². The Bertz CT molecular complexity index is 910. The number of amides is 1. The molecule has 146 valence electrons. The average molecular weight is 380 g/mol. The van der Waals surface area contributed by atoms with E-state index in [-0.39, 0.29) is 11.2 Å². The maximum absolute atomic E-state index is 12.8.